The summed E-state index contributed by atoms with van der Waals surface area (Å²) in [6.07, 6.45) is 0.811. The third-order valence-electron chi connectivity index (χ3n) is 3.58. The molecule has 24 heavy (non-hydrogen) atoms. The highest BCUT2D eigenvalue weighted by Crippen LogP contribution is 2.18. The first-order chi connectivity index (χ1) is 11.8. The third kappa shape index (κ3) is 4.00. The number of benzene rings is 2. The first kappa shape index (κ1) is 16.2. The van der Waals surface area contributed by atoms with Crippen LogP contribution in [-0.4, -0.2) is 18.0 Å². The van der Waals surface area contributed by atoms with Crippen molar-refractivity contribution in [3.8, 4) is 5.75 Å². The molecule has 0 aliphatic rings. The molecule has 3 rings (SSSR count). The number of methoxy groups -OCH3 is 1. The van der Waals surface area contributed by atoms with Crippen LogP contribution >= 0.6 is 11.3 Å². The fourth-order valence-corrected chi connectivity index (χ4v) is 3.21. The van der Waals surface area contributed by atoms with Crippen LogP contribution in [0.1, 0.15) is 26.6 Å². The molecule has 0 radical (unpaired) electrons. The summed E-state index contributed by atoms with van der Waals surface area (Å²) < 4.78 is 5.21. The normalized spacial score (nSPS) is 10.4. The second-order valence-electron chi connectivity index (χ2n) is 5.28. The van der Waals surface area contributed by atoms with Gasteiger partial charge in [0.25, 0.3) is 5.91 Å². The largest absolute Gasteiger partial charge is 0.496 e. The topological polar surface area (TPSA) is 51.2 Å². The molecular weight excluding hydrogens is 320 g/mol. The lowest BCUT2D eigenvalue weighted by Crippen LogP contribution is -2.23. The first-order valence-electron chi connectivity index (χ1n) is 7.64. The smallest absolute Gasteiger partial charge is 0.255 e. The van der Waals surface area contributed by atoms with Crippen molar-refractivity contribution in [3.63, 3.8) is 0 Å². The van der Waals surface area contributed by atoms with Gasteiger partial charge in [0.2, 0.25) is 0 Å². The number of aromatic nitrogens is 1. The molecule has 1 aromatic heterocycles. The van der Waals surface area contributed by atoms with E-state index < -0.39 is 0 Å². The van der Waals surface area contributed by atoms with Crippen LogP contribution in [0.4, 0.5) is 0 Å². The molecule has 0 saturated heterocycles. The highest BCUT2D eigenvalue weighted by molar-refractivity contribution is 7.09. The maximum Gasteiger partial charge on any atom is 0.255 e. The molecule has 1 N–H and O–H groups in total. The van der Waals surface area contributed by atoms with Gasteiger partial charge in [-0.2, -0.15) is 0 Å². The van der Waals surface area contributed by atoms with Crippen LogP contribution in [0.5, 0.6) is 5.75 Å². The van der Waals surface area contributed by atoms with Gasteiger partial charge in [-0.3, -0.25) is 4.79 Å². The van der Waals surface area contributed by atoms with Crippen LogP contribution in [0, 0.1) is 0 Å². The van der Waals surface area contributed by atoms with Crippen molar-refractivity contribution in [1.82, 2.24) is 10.3 Å². The summed E-state index contributed by atoms with van der Waals surface area (Å²) in [6, 6.07) is 17.4. The van der Waals surface area contributed by atoms with Gasteiger partial charge in [-0.25, -0.2) is 4.98 Å². The molecule has 1 amide bonds. The van der Waals surface area contributed by atoms with Crippen LogP contribution in [-0.2, 0) is 13.0 Å². The summed E-state index contributed by atoms with van der Waals surface area (Å²) in [5.74, 6) is 0.406. The quantitative estimate of drug-likeness (QED) is 0.746. The minimum Gasteiger partial charge on any atom is -0.496 e. The Morgan fingerprint density at radius 3 is 2.67 bits per heavy atom. The molecule has 0 saturated carbocycles. The molecule has 0 bridgehead atoms. The van der Waals surface area contributed by atoms with Crippen LogP contribution in [0.15, 0.2) is 60.0 Å². The highest BCUT2D eigenvalue weighted by Gasteiger charge is 2.11. The zero-order valence-corrected chi connectivity index (χ0v) is 14.2. The monoisotopic (exact) mass is 338 g/mol. The fraction of sp³-hybridized carbons (Fsp3) is 0.158. The van der Waals surface area contributed by atoms with Crippen molar-refractivity contribution < 1.29 is 9.53 Å². The van der Waals surface area contributed by atoms with E-state index in [4.69, 9.17) is 4.74 Å². The van der Waals surface area contributed by atoms with E-state index in [1.165, 1.54) is 5.56 Å². The molecule has 2 aromatic carbocycles. The van der Waals surface area contributed by atoms with Gasteiger partial charge in [0.05, 0.1) is 29.9 Å². The second kappa shape index (κ2) is 7.75. The SMILES string of the molecule is COc1ccccc1C(=O)NCc1csc(Cc2ccccc2)n1. The van der Waals surface area contributed by atoms with Gasteiger partial charge in [-0.1, -0.05) is 42.5 Å². The Hall–Kier alpha value is -2.66. The number of hydrogen-bond acceptors (Lipinski definition) is 4. The second-order valence-corrected chi connectivity index (χ2v) is 6.22. The average molecular weight is 338 g/mol. The number of nitrogens with zero attached hydrogens (tertiary/aromatic N) is 1. The Balaban J connectivity index is 1.60. The van der Waals surface area contributed by atoms with Crippen molar-refractivity contribution in [2.75, 3.05) is 7.11 Å². The summed E-state index contributed by atoms with van der Waals surface area (Å²) >= 11 is 1.61. The molecule has 3 aromatic rings. The van der Waals surface area contributed by atoms with Gasteiger partial charge in [0.1, 0.15) is 5.75 Å². The standard InChI is InChI=1S/C19H18N2O2S/c1-23-17-10-6-5-9-16(17)19(22)20-12-15-13-24-18(21-15)11-14-7-3-2-4-8-14/h2-10,13H,11-12H2,1H3,(H,20,22). The molecule has 0 aliphatic carbocycles. The van der Waals surface area contributed by atoms with Gasteiger partial charge in [-0.15, -0.1) is 11.3 Å². The Morgan fingerprint density at radius 1 is 1.12 bits per heavy atom. The Morgan fingerprint density at radius 2 is 1.88 bits per heavy atom. The van der Waals surface area contributed by atoms with Crippen LogP contribution in [0.25, 0.3) is 0 Å². The van der Waals surface area contributed by atoms with E-state index >= 15 is 0 Å². The molecule has 4 nitrogen and oxygen atoms in total. The molecule has 0 atom stereocenters. The number of carbonyl (C=O) groups is 1. The maximum atomic E-state index is 12.3. The predicted octanol–water partition coefficient (Wildman–Crippen LogP) is 3.67. The van der Waals surface area contributed by atoms with Gasteiger partial charge < -0.3 is 10.1 Å². The maximum absolute atomic E-state index is 12.3. The van der Waals surface area contributed by atoms with Gasteiger partial charge >= 0.3 is 0 Å². The average Bonchev–Trinajstić information content (AvgIpc) is 3.08. The lowest BCUT2D eigenvalue weighted by molar-refractivity contribution is 0.0947. The third-order valence-corrected chi connectivity index (χ3v) is 4.48. The van der Waals surface area contributed by atoms with Crippen molar-refractivity contribution in [3.05, 3.63) is 81.8 Å². The molecule has 5 heteroatoms. The number of carbonyl (C=O) groups excluding carboxylic acids is 1. The summed E-state index contributed by atoms with van der Waals surface area (Å²) in [4.78, 5) is 16.9. The Bertz CT molecular complexity index is 815. The summed E-state index contributed by atoms with van der Waals surface area (Å²) in [5.41, 5.74) is 2.63. The van der Waals surface area contributed by atoms with E-state index in [1.54, 1.807) is 30.6 Å². The summed E-state index contributed by atoms with van der Waals surface area (Å²) in [6.45, 7) is 0.405. The van der Waals surface area contributed by atoms with Crippen molar-refractivity contribution in [1.29, 1.82) is 0 Å². The Kier molecular flexibility index (Phi) is 5.23. The number of para-hydroxylation sites is 1. The van der Waals surface area contributed by atoms with E-state index in [0.717, 1.165) is 17.1 Å². The number of hydrogen-bond donors (Lipinski definition) is 1. The molecular formula is C19H18N2O2S. The minimum atomic E-state index is -0.162. The van der Waals surface area contributed by atoms with Crippen LogP contribution in [0.2, 0.25) is 0 Å². The zero-order valence-electron chi connectivity index (χ0n) is 13.4. The number of amides is 1. The van der Waals surface area contributed by atoms with E-state index in [9.17, 15) is 4.79 Å². The van der Waals surface area contributed by atoms with E-state index in [0.29, 0.717) is 17.9 Å². The van der Waals surface area contributed by atoms with E-state index in [2.05, 4.69) is 22.4 Å². The van der Waals surface area contributed by atoms with E-state index in [1.807, 2.05) is 35.7 Å². The number of rotatable bonds is 6. The van der Waals surface area contributed by atoms with Gasteiger partial charge in [0.15, 0.2) is 0 Å². The first-order valence-corrected chi connectivity index (χ1v) is 8.52. The highest BCUT2D eigenvalue weighted by atomic mass is 32.1. The molecule has 1 heterocycles. The molecule has 0 unspecified atom stereocenters. The zero-order chi connectivity index (χ0) is 16.8. The van der Waals surface area contributed by atoms with Gasteiger partial charge in [0, 0.05) is 11.8 Å². The lowest BCUT2D eigenvalue weighted by atomic mass is 10.2. The minimum absolute atomic E-state index is 0.162. The number of nitrogens with one attached hydrogen (secondary N) is 1. The van der Waals surface area contributed by atoms with Crippen LogP contribution < -0.4 is 10.1 Å². The Labute approximate surface area is 145 Å². The summed E-state index contributed by atoms with van der Waals surface area (Å²) in [5, 5.41) is 5.92. The lowest BCUT2D eigenvalue weighted by Gasteiger charge is -2.08. The molecule has 0 spiro atoms. The summed E-state index contributed by atoms with van der Waals surface area (Å²) in [7, 11) is 1.56. The van der Waals surface area contributed by atoms with Crippen molar-refractivity contribution >= 4 is 17.2 Å². The fourth-order valence-electron chi connectivity index (χ4n) is 2.38. The predicted molar refractivity (Wildman–Crippen MR) is 95.5 cm³/mol. The number of thiazole rings is 1. The molecule has 0 aliphatic heterocycles. The van der Waals surface area contributed by atoms with Crippen LogP contribution in [0.3, 0.4) is 0 Å². The van der Waals surface area contributed by atoms with Gasteiger partial charge in [-0.05, 0) is 17.7 Å². The van der Waals surface area contributed by atoms with Crippen molar-refractivity contribution in [2.24, 2.45) is 0 Å². The molecule has 0 fully saturated rings. The number of ether oxygens (including phenoxy) is 1. The van der Waals surface area contributed by atoms with Crippen molar-refractivity contribution in [2.45, 2.75) is 13.0 Å². The van der Waals surface area contributed by atoms with E-state index in [-0.39, 0.29) is 5.91 Å². The molecule has 122 valence electrons.